The minimum Gasteiger partial charge on any atom is -0.354 e. The third-order valence-corrected chi connectivity index (χ3v) is 7.10. The topological polar surface area (TPSA) is 86.8 Å². The van der Waals surface area contributed by atoms with E-state index in [4.69, 9.17) is 0 Å². The minimum absolute atomic E-state index is 0.0416. The van der Waals surface area contributed by atoms with Gasteiger partial charge in [0.25, 0.3) is 0 Å². The molecule has 2 aromatic rings. The lowest BCUT2D eigenvalue weighted by Gasteiger charge is -2.29. The molecule has 0 aliphatic heterocycles. The van der Waals surface area contributed by atoms with Crippen LogP contribution in [-0.4, -0.2) is 50.5 Å². The Morgan fingerprint density at radius 2 is 1.74 bits per heavy atom. The number of sulfonamides is 1. The van der Waals surface area contributed by atoms with Gasteiger partial charge in [0.05, 0.1) is 17.5 Å². The molecule has 0 saturated carbocycles. The predicted octanol–water partition coefficient (Wildman–Crippen LogP) is 4.72. The lowest BCUT2D eigenvalue weighted by molar-refractivity contribution is -0.140. The summed E-state index contributed by atoms with van der Waals surface area (Å²) in [5.41, 5.74) is -0.976. The Labute approximate surface area is 220 Å². The normalized spacial score (nSPS) is 12.6. The Morgan fingerprint density at radius 3 is 2.34 bits per heavy atom. The molecule has 0 fully saturated rings. The summed E-state index contributed by atoms with van der Waals surface area (Å²) in [4.78, 5) is 27.1. The third kappa shape index (κ3) is 9.00. The summed E-state index contributed by atoms with van der Waals surface area (Å²) in [5.74, 6) is -1.48. The number of alkyl halides is 3. The van der Waals surface area contributed by atoms with E-state index in [1.165, 1.54) is 36.1 Å². The maximum Gasteiger partial charge on any atom is 0.416 e. The van der Waals surface area contributed by atoms with Gasteiger partial charge in [-0.15, -0.1) is 0 Å². The van der Waals surface area contributed by atoms with Gasteiger partial charge in [-0.1, -0.05) is 37.6 Å². The van der Waals surface area contributed by atoms with Crippen molar-refractivity contribution in [2.45, 2.75) is 58.3 Å². The van der Waals surface area contributed by atoms with Gasteiger partial charge in [0, 0.05) is 31.6 Å². The largest absolute Gasteiger partial charge is 0.416 e. The second-order valence-electron chi connectivity index (χ2n) is 8.92. The molecule has 2 rings (SSSR count). The van der Waals surface area contributed by atoms with Gasteiger partial charge in [-0.25, -0.2) is 12.8 Å². The lowest BCUT2D eigenvalue weighted by atomic mass is 10.1. The molecule has 0 unspecified atom stereocenters. The zero-order valence-electron chi connectivity index (χ0n) is 21.6. The maximum atomic E-state index is 14.3. The molecular weight excluding hydrogens is 526 g/mol. The minimum atomic E-state index is -4.66. The summed E-state index contributed by atoms with van der Waals surface area (Å²) in [5, 5.41) is 2.75. The molecule has 1 N–H and O–H groups in total. The number of carbonyl (C=O) groups is 2. The van der Waals surface area contributed by atoms with Gasteiger partial charge in [-0.05, 0) is 44.0 Å². The highest BCUT2D eigenvalue weighted by atomic mass is 32.2. The summed E-state index contributed by atoms with van der Waals surface area (Å²) in [6, 6.07) is 8.82. The average molecular weight is 560 g/mol. The number of amides is 2. The summed E-state index contributed by atoms with van der Waals surface area (Å²) in [6.45, 7) is 3.45. The summed E-state index contributed by atoms with van der Waals surface area (Å²) >= 11 is 0. The average Bonchev–Trinajstić information content (AvgIpc) is 2.84. The monoisotopic (exact) mass is 559 g/mol. The number of nitrogens with zero attached hydrogens (tertiary/aromatic N) is 2. The molecule has 0 heterocycles. The van der Waals surface area contributed by atoms with Gasteiger partial charge in [0.15, 0.2) is 0 Å². The molecule has 7 nitrogen and oxygen atoms in total. The van der Waals surface area contributed by atoms with Crippen molar-refractivity contribution >= 4 is 27.5 Å². The standard InChI is InChI=1S/C26H33F4N3O4S/c1-4-5-15-31-25(35)19(2)32(18-20-10-6-7-13-23(20)27)24(34)14-9-16-33(38(3,36)37)22-12-8-11-21(17-22)26(28,29)30/h6-8,10-13,17,19H,4-5,9,14-16,18H2,1-3H3,(H,31,35)/t19-/m1/s1. The molecule has 0 radical (unpaired) electrons. The van der Waals surface area contributed by atoms with Crippen LogP contribution in [0.25, 0.3) is 0 Å². The zero-order chi connectivity index (χ0) is 28.5. The van der Waals surface area contributed by atoms with E-state index < -0.39 is 45.4 Å². The first-order chi connectivity index (χ1) is 17.8. The third-order valence-electron chi connectivity index (χ3n) is 5.91. The van der Waals surface area contributed by atoms with Crippen molar-refractivity contribution in [1.29, 1.82) is 0 Å². The molecule has 0 aliphatic carbocycles. The summed E-state index contributed by atoms with van der Waals surface area (Å²) in [7, 11) is -3.97. The summed E-state index contributed by atoms with van der Waals surface area (Å²) < 4.78 is 79.3. The second kappa shape index (κ2) is 13.6. The van der Waals surface area contributed by atoms with Crippen molar-refractivity contribution in [1.82, 2.24) is 10.2 Å². The van der Waals surface area contributed by atoms with Crippen molar-refractivity contribution in [2.75, 3.05) is 23.7 Å². The summed E-state index contributed by atoms with van der Waals surface area (Å²) in [6.07, 6.45) is -2.45. The molecule has 0 bridgehead atoms. The molecule has 0 saturated heterocycles. The van der Waals surface area contributed by atoms with Crippen LogP contribution in [0.5, 0.6) is 0 Å². The van der Waals surface area contributed by atoms with Crippen LogP contribution >= 0.6 is 0 Å². The number of anilines is 1. The van der Waals surface area contributed by atoms with E-state index >= 15 is 0 Å². The van der Waals surface area contributed by atoms with Gasteiger partial charge < -0.3 is 10.2 Å². The quantitative estimate of drug-likeness (QED) is 0.284. The number of unbranched alkanes of at least 4 members (excludes halogenated alkanes) is 1. The van der Waals surface area contributed by atoms with Crippen molar-refractivity contribution in [3.8, 4) is 0 Å². The van der Waals surface area contributed by atoms with Crippen molar-refractivity contribution < 1.29 is 35.6 Å². The fraction of sp³-hybridized carbons (Fsp3) is 0.462. The van der Waals surface area contributed by atoms with Crippen LogP contribution in [0.2, 0.25) is 0 Å². The predicted molar refractivity (Wildman–Crippen MR) is 137 cm³/mol. The van der Waals surface area contributed by atoms with Crippen molar-refractivity contribution in [3.63, 3.8) is 0 Å². The number of halogens is 4. The number of hydrogen-bond acceptors (Lipinski definition) is 4. The number of benzene rings is 2. The second-order valence-corrected chi connectivity index (χ2v) is 10.8. The van der Waals surface area contributed by atoms with Crippen LogP contribution in [0.4, 0.5) is 23.2 Å². The SMILES string of the molecule is CCCCNC(=O)[C@@H](C)N(Cc1ccccc1F)C(=O)CCCN(c1cccc(C(F)(F)F)c1)S(C)(=O)=O. The van der Waals surface area contributed by atoms with Crippen LogP contribution in [0.3, 0.4) is 0 Å². The number of rotatable bonds is 13. The van der Waals surface area contributed by atoms with E-state index in [2.05, 4.69) is 5.32 Å². The van der Waals surface area contributed by atoms with Crippen LogP contribution in [-0.2, 0) is 32.3 Å². The molecule has 0 aliphatic rings. The Kier molecular flexibility index (Phi) is 11.1. The zero-order valence-corrected chi connectivity index (χ0v) is 22.4. The van der Waals surface area contributed by atoms with Gasteiger partial charge in [0.1, 0.15) is 11.9 Å². The smallest absolute Gasteiger partial charge is 0.354 e. The van der Waals surface area contributed by atoms with Gasteiger partial charge in [-0.3, -0.25) is 13.9 Å². The van der Waals surface area contributed by atoms with Gasteiger partial charge >= 0.3 is 6.18 Å². The first kappa shape index (κ1) is 31.1. The van der Waals surface area contributed by atoms with E-state index in [1.807, 2.05) is 6.92 Å². The molecule has 0 spiro atoms. The highest BCUT2D eigenvalue weighted by molar-refractivity contribution is 7.92. The molecule has 2 amide bonds. The van der Waals surface area contributed by atoms with Crippen LogP contribution in [0, 0.1) is 5.82 Å². The first-order valence-corrected chi connectivity index (χ1v) is 14.1. The Bertz CT molecular complexity index is 1200. The van der Waals surface area contributed by atoms with Crippen LogP contribution in [0.1, 0.15) is 50.7 Å². The number of hydrogen-bond donors (Lipinski definition) is 1. The Morgan fingerprint density at radius 1 is 1.05 bits per heavy atom. The van der Waals surface area contributed by atoms with Crippen molar-refractivity contribution in [2.24, 2.45) is 0 Å². The fourth-order valence-corrected chi connectivity index (χ4v) is 4.73. The molecule has 210 valence electrons. The molecule has 12 heteroatoms. The van der Waals surface area contributed by atoms with E-state index in [0.29, 0.717) is 6.54 Å². The van der Waals surface area contributed by atoms with E-state index in [-0.39, 0.29) is 37.2 Å². The van der Waals surface area contributed by atoms with Gasteiger partial charge in [0.2, 0.25) is 21.8 Å². The van der Waals surface area contributed by atoms with Crippen molar-refractivity contribution in [3.05, 3.63) is 65.5 Å². The number of carbonyl (C=O) groups excluding carboxylic acids is 2. The van der Waals surface area contributed by atoms with E-state index in [1.54, 1.807) is 6.07 Å². The molecule has 1 atom stereocenters. The lowest BCUT2D eigenvalue weighted by Crippen LogP contribution is -2.48. The van der Waals surface area contributed by atoms with E-state index in [0.717, 1.165) is 41.6 Å². The highest BCUT2D eigenvalue weighted by Gasteiger charge is 2.32. The Balaban J connectivity index is 2.20. The Hall–Kier alpha value is -3.15. The molecule has 38 heavy (non-hydrogen) atoms. The fourth-order valence-electron chi connectivity index (χ4n) is 3.77. The number of nitrogens with one attached hydrogen (secondary N) is 1. The van der Waals surface area contributed by atoms with Crippen LogP contribution in [0.15, 0.2) is 48.5 Å². The first-order valence-electron chi connectivity index (χ1n) is 12.2. The highest BCUT2D eigenvalue weighted by Crippen LogP contribution is 2.32. The maximum absolute atomic E-state index is 14.3. The van der Waals surface area contributed by atoms with E-state index in [9.17, 15) is 35.6 Å². The van der Waals surface area contributed by atoms with Gasteiger partial charge in [-0.2, -0.15) is 13.2 Å². The van der Waals surface area contributed by atoms with Crippen LogP contribution < -0.4 is 9.62 Å². The molecular formula is C26H33F4N3O4S. The molecule has 0 aromatic heterocycles. The molecule has 2 aromatic carbocycles.